The van der Waals surface area contributed by atoms with Gasteiger partial charge < -0.3 is 9.47 Å². The smallest absolute Gasteiger partial charge is 0.332 e. The molecule has 0 spiro atoms. The molecule has 0 aliphatic rings. The zero-order valence-corrected chi connectivity index (χ0v) is 18.8. The van der Waals surface area contributed by atoms with Crippen molar-refractivity contribution in [2.45, 2.75) is 6.54 Å². The molecular weight excluding hydrogens is 424 g/mol. The Labute approximate surface area is 189 Å². The van der Waals surface area contributed by atoms with Crippen molar-refractivity contribution in [1.29, 1.82) is 0 Å². The molecule has 0 unspecified atom stereocenters. The maximum Gasteiger partial charge on any atom is 0.332 e. The van der Waals surface area contributed by atoms with E-state index < -0.39 is 11.2 Å². The lowest BCUT2D eigenvalue weighted by molar-refractivity contribution is 0.394. The molecule has 2 aromatic carbocycles. The molecule has 4 rings (SSSR count). The average molecular weight is 448 g/mol. The molecule has 4 aromatic rings. The van der Waals surface area contributed by atoms with Crippen LogP contribution in [0.15, 0.2) is 63.2 Å². The molecule has 0 aliphatic carbocycles. The van der Waals surface area contributed by atoms with Gasteiger partial charge in [-0.1, -0.05) is 30.3 Å². The summed E-state index contributed by atoms with van der Waals surface area (Å²) in [6.45, 7) is 0.370. The zero-order valence-electron chi connectivity index (χ0n) is 18.8. The van der Waals surface area contributed by atoms with Crippen molar-refractivity contribution in [2.75, 3.05) is 19.6 Å². The van der Waals surface area contributed by atoms with E-state index in [0.29, 0.717) is 29.5 Å². The van der Waals surface area contributed by atoms with Crippen LogP contribution in [0.5, 0.6) is 11.5 Å². The fourth-order valence-electron chi connectivity index (χ4n) is 3.54. The minimum atomic E-state index is -0.449. The van der Waals surface area contributed by atoms with E-state index in [0.717, 1.165) is 15.7 Å². The molecule has 0 fully saturated rings. The van der Waals surface area contributed by atoms with Crippen LogP contribution in [0.4, 0.5) is 5.95 Å². The molecule has 10 nitrogen and oxygen atoms in total. The highest BCUT2D eigenvalue weighted by Gasteiger charge is 2.19. The molecule has 0 radical (unpaired) electrons. The van der Waals surface area contributed by atoms with Crippen LogP contribution in [0, 0.1) is 0 Å². The summed E-state index contributed by atoms with van der Waals surface area (Å²) in [5.74, 6) is 1.59. The largest absolute Gasteiger partial charge is 0.497 e. The molecule has 2 heterocycles. The molecule has 2 aromatic heterocycles. The minimum absolute atomic E-state index is 0.277. The molecule has 0 atom stereocenters. The van der Waals surface area contributed by atoms with Crippen molar-refractivity contribution in [1.82, 2.24) is 18.7 Å². The van der Waals surface area contributed by atoms with Crippen LogP contribution in [0.1, 0.15) is 11.1 Å². The Morgan fingerprint density at radius 2 is 1.79 bits per heavy atom. The summed E-state index contributed by atoms with van der Waals surface area (Å²) in [6.07, 6.45) is 1.58. The third kappa shape index (κ3) is 4.10. The van der Waals surface area contributed by atoms with E-state index in [1.165, 1.54) is 11.6 Å². The van der Waals surface area contributed by atoms with E-state index in [2.05, 4.69) is 15.5 Å². The molecule has 1 N–H and O–H groups in total. The summed E-state index contributed by atoms with van der Waals surface area (Å²) in [7, 11) is 6.18. The second-order valence-electron chi connectivity index (χ2n) is 7.36. The van der Waals surface area contributed by atoms with Crippen molar-refractivity contribution in [2.24, 2.45) is 19.2 Å². The van der Waals surface area contributed by atoms with Gasteiger partial charge in [0, 0.05) is 25.7 Å². The van der Waals surface area contributed by atoms with Gasteiger partial charge in [-0.25, -0.2) is 10.2 Å². The fraction of sp³-hybridized carbons (Fsp3) is 0.217. The summed E-state index contributed by atoms with van der Waals surface area (Å²) < 4.78 is 14.8. The first-order valence-electron chi connectivity index (χ1n) is 10.2. The molecular formula is C23H24N6O4. The Balaban J connectivity index is 1.79. The minimum Gasteiger partial charge on any atom is -0.497 e. The first kappa shape index (κ1) is 21.9. The highest BCUT2D eigenvalue weighted by molar-refractivity contribution is 5.84. The van der Waals surface area contributed by atoms with Gasteiger partial charge in [-0.3, -0.25) is 18.5 Å². The number of methoxy groups -OCH3 is 2. The number of nitrogens with one attached hydrogen (secondary N) is 1. The quantitative estimate of drug-likeness (QED) is 0.342. The normalized spacial score (nSPS) is 11.3. The standard InChI is InChI=1S/C23H24N6O4/c1-27-20-19(21(30)28(2)23(27)31)29(14-15-8-6-5-7-9-15)22(25-20)26-24-13-16-10-11-17(32-3)12-18(16)33-4/h5-13H,14H2,1-4H3,(H,25,26). The van der Waals surface area contributed by atoms with Gasteiger partial charge in [0.2, 0.25) is 5.95 Å². The predicted molar refractivity (Wildman–Crippen MR) is 127 cm³/mol. The molecule has 33 heavy (non-hydrogen) atoms. The van der Waals surface area contributed by atoms with Crippen molar-refractivity contribution < 1.29 is 9.47 Å². The number of aromatic nitrogens is 4. The van der Waals surface area contributed by atoms with Crippen LogP contribution in [0.3, 0.4) is 0 Å². The van der Waals surface area contributed by atoms with E-state index in [4.69, 9.17) is 9.47 Å². The SMILES string of the molecule is COc1ccc(C=NNc2nc3c(c(=O)n(C)c(=O)n3C)n2Cc2ccccc2)c(OC)c1. The van der Waals surface area contributed by atoms with E-state index in [9.17, 15) is 9.59 Å². The van der Waals surface area contributed by atoms with Crippen LogP contribution >= 0.6 is 0 Å². The van der Waals surface area contributed by atoms with Gasteiger partial charge in [-0.2, -0.15) is 10.1 Å². The lowest BCUT2D eigenvalue weighted by Gasteiger charge is -2.09. The highest BCUT2D eigenvalue weighted by Crippen LogP contribution is 2.23. The van der Waals surface area contributed by atoms with Gasteiger partial charge in [0.15, 0.2) is 11.2 Å². The monoisotopic (exact) mass is 448 g/mol. The van der Waals surface area contributed by atoms with Crippen molar-refractivity contribution >= 4 is 23.3 Å². The van der Waals surface area contributed by atoms with Gasteiger partial charge in [-0.05, 0) is 17.7 Å². The number of hydrazone groups is 1. The van der Waals surface area contributed by atoms with Gasteiger partial charge in [-0.15, -0.1) is 0 Å². The molecule has 0 aliphatic heterocycles. The average Bonchev–Trinajstić information content (AvgIpc) is 3.20. The van der Waals surface area contributed by atoms with Crippen LogP contribution < -0.4 is 26.1 Å². The number of benzene rings is 2. The summed E-state index contributed by atoms with van der Waals surface area (Å²) in [5.41, 5.74) is 4.32. The molecule has 0 saturated heterocycles. The Morgan fingerprint density at radius 3 is 2.48 bits per heavy atom. The van der Waals surface area contributed by atoms with Crippen LogP contribution in [0.25, 0.3) is 11.2 Å². The molecule has 0 saturated carbocycles. The van der Waals surface area contributed by atoms with Crippen LogP contribution in [-0.4, -0.2) is 39.1 Å². The third-order valence-electron chi connectivity index (χ3n) is 5.34. The number of nitrogens with zero attached hydrogens (tertiary/aromatic N) is 5. The first-order chi connectivity index (χ1) is 15.9. The lowest BCUT2D eigenvalue weighted by atomic mass is 10.2. The van der Waals surface area contributed by atoms with E-state index in [1.807, 2.05) is 36.4 Å². The number of imidazole rings is 1. The van der Waals surface area contributed by atoms with E-state index in [-0.39, 0.29) is 5.65 Å². The summed E-state index contributed by atoms with van der Waals surface area (Å²) in [4.78, 5) is 29.9. The molecule has 0 bridgehead atoms. The second kappa shape index (κ2) is 9.03. The Morgan fingerprint density at radius 1 is 1.03 bits per heavy atom. The van der Waals surface area contributed by atoms with Gasteiger partial charge in [0.25, 0.3) is 5.56 Å². The number of ether oxygens (including phenoxy) is 2. The topological polar surface area (TPSA) is 105 Å². The van der Waals surface area contributed by atoms with E-state index >= 15 is 0 Å². The van der Waals surface area contributed by atoms with Crippen molar-refractivity contribution in [3.63, 3.8) is 0 Å². The number of anilines is 1. The van der Waals surface area contributed by atoms with Gasteiger partial charge >= 0.3 is 5.69 Å². The number of fused-ring (bicyclic) bond motifs is 1. The van der Waals surface area contributed by atoms with Crippen molar-refractivity contribution in [3.05, 3.63) is 80.5 Å². The summed E-state index contributed by atoms with van der Waals surface area (Å²) in [6, 6.07) is 15.0. The lowest BCUT2D eigenvalue weighted by Crippen LogP contribution is -2.37. The highest BCUT2D eigenvalue weighted by atomic mass is 16.5. The fourth-order valence-corrected chi connectivity index (χ4v) is 3.54. The maximum atomic E-state index is 13.0. The summed E-state index contributed by atoms with van der Waals surface area (Å²) in [5, 5.41) is 4.30. The third-order valence-corrected chi connectivity index (χ3v) is 5.34. The molecule has 170 valence electrons. The van der Waals surface area contributed by atoms with Crippen LogP contribution in [0.2, 0.25) is 0 Å². The predicted octanol–water partition coefficient (Wildman–Crippen LogP) is 1.95. The number of rotatable bonds is 7. The summed E-state index contributed by atoms with van der Waals surface area (Å²) >= 11 is 0. The molecule has 10 heteroatoms. The van der Waals surface area contributed by atoms with Crippen LogP contribution in [-0.2, 0) is 20.6 Å². The maximum absolute atomic E-state index is 13.0. The Hall–Kier alpha value is -4.34. The van der Waals surface area contributed by atoms with Gasteiger partial charge in [0.1, 0.15) is 11.5 Å². The molecule has 0 amide bonds. The Kier molecular flexibility index (Phi) is 5.99. The number of aryl methyl sites for hydroxylation is 1. The van der Waals surface area contributed by atoms with E-state index in [1.54, 1.807) is 44.2 Å². The first-order valence-corrected chi connectivity index (χ1v) is 10.2. The Bertz CT molecular complexity index is 1450. The number of hydrogen-bond donors (Lipinski definition) is 1. The second-order valence-corrected chi connectivity index (χ2v) is 7.36. The number of hydrogen-bond acceptors (Lipinski definition) is 7. The van der Waals surface area contributed by atoms with Crippen molar-refractivity contribution in [3.8, 4) is 11.5 Å². The van der Waals surface area contributed by atoms with Gasteiger partial charge in [0.05, 0.1) is 27.0 Å². The zero-order chi connectivity index (χ0) is 23.5.